The lowest BCUT2D eigenvalue weighted by molar-refractivity contribution is 0.673. The molecule has 3 nitrogen and oxygen atoms in total. The third-order valence-electron chi connectivity index (χ3n) is 8.10. The maximum absolute atomic E-state index is 6.48. The van der Waals surface area contributed by atoms with Crippen molar-refractivity contribution in [1.29, 1.82) is 0 Å². The zero-order chi connectivity index (χ0) is 27.6. The molecule has 9 aromatic rings. The second-order valence-corrected chi connectivity index (χ2v) is 11.6. The molecule has 0 aliphatic carbocycles. The van der Waals surface area contributed by atoms with Gasteiger partial charge in [-0.15, -0.1) is 11.3 Å². The van der Waals surface area contributed by atoms with Crippen LogP contribution in [0.25, 0.3) is 86.8 Å². The molecule has 3 heterocycles. The fourth-order valence-corrected chi connectivity index (χ4v) is 7.05. The monoisotopic (exact) mass is 554 g/mol. The number of thiazole rings is 1. The number of hydrogen-bond acceptors (Lipinski definition) is 4. The molecule has 196 valence electrons. The Kier molecular flexibility index (Phi) is 5.07. The van der Waals surface area contributed by atoms with E-state index in [9.17, 15) is 0 Å². The highest BCUT2D eigenvalue weighted by molar-refractivity contribution is 7.21. The summed E-state index contributed by atoms with van der Waals surface area (Å²) in [5.74, 6) is 0. The van der Waals surface area contributed by atoms with Crippen molar-refractivity contribution in [3.63, 3.8) is 0 Å². The number of aromatic nitrogens is 2. The first-order valence-electron chi connectivity index (χ1n) is 14.0. The fraction of sp³-hybridized carbons (Fsp3) is 0. The van der Waals surface area contributed by atoms with Gasteiger partial charge in [-0.25, -0.2) is 9.97 Å². The summed E-state index contributed by atoms with van der Waals surface area (Å²) in [6.07, 6.45) is 0. The Morgan fingerprint density at radius 1 is 0.476 bits per heavy atom. The van der Waals surface area contributed by atoms with Crippen LogP contribution in [0.3, 0.4) is 0 Å². The highest BCUT2D eigenvalue weighted by Gasteiger charge is 2.17. The third-order valence-corrected chi connectivity index (χ3v) is 9.19. The van der Waals surface area contributed by atoms with Gasteiger partial charge in [0.2, 0.25) is 0 Å². The van der Waals surface area contributed by atoms with Crippen LogP contribution in [0.15, 0.2) is 138 Å². The van der Waals surface area contributed by atoms with E-state index >= 15 is 0 Å². The molecule has 0 fully saturated rings. The van der Waals surface area contributed by atoms with Crippen molar-refractivity contribution in [3.05, 3.63) is 133 Å². The molecule has 4 heteroatoms. The van der Waals surface area contributed by atoms with E-state index in [-0.39, 0.29) is 0 Å². The Labute approximate surface area is 245 Å². The van der Waals surface area contributed by atoms with Crippen LogP contribution < -0.4 is 0 Å². The minimum absolute atomic E-state index is 0.903. The number of furan rings is 1. The van der Waals surface area contributed by atoms with Gasteiger partial charge in [-0.2, -0.15) is 0 Å². The molecule has 0 bridgehead atoms. The van der Waals surface area contributed by atoms with Crippen LogP contribution in [0, 0.1) is 0 Å². The molecule has 0 aliphatic rings. The van der Waals surface area contributed by atoms with Crippen LogP contribution in [0.2, 0.25) is 0 Å². The summed E-state index contributed by atoms with van der Waals surface area (Å²) in [4.78, 5) is 10.0. The van der Waals surface area contributed by atoms with E-state index in [1.54, 1.807) is 11.3 Å². The van der Waals surface area contributed by atoms with Gasteiger partial charge in [0.25, 0.3) is 0 Å². The summed E-state index contributed by atoms with van der Waals surface area (Å²) in [5.41, 5.74) is 9.31. The lowest BCUT2D eigenvalue weighted by Gasteiger charge is -2.11. The first-order valence-corrected chi connectivity index (χ1v) is 14.8. The number of fused-ring (bicyclic) bond motifs is 8. The summed E-state index contributed by atoms with van der Waals surface area (Å²) in [7, 11) is 0. The van der Waals surface area contributed by atoms with Gasteiger partial charge < -0.3 is 4.42 Å². The van der Waals surface area contributed by atoms with Crippen LogP contribution in [0.4, 0.5) is 0 Å². The van der Waals surface area contributed by atoms with Crippen molar-refractivity contribution in [2.24, 2.45) is 0 Å². The smallest absolute Gasteiger partial charge is 0.144 e. The van der Waals surface area contributed by atoms with Crippen molar-refractivity contribution in [1.82, 2.24) is 9.97 Å². The second kappa shape index (κ2) is 9.10. The van der Waals surface area contributed by atoms with E-state index in [4.69, 9.17) is 14.4 Å². The predicted molar refractivity (Wildman–Crippen MR) is 176 cm³/mol. The maximum Gasteiger partial charge on any atom is 0.144 e. The Hall–Kier alpha value is -5.32. The Balaban J connectivity index is 1.18. The van der Waals surface area contributed by atoms with Gasteiger partial charge in [-0.05, 0) is 47.5 Å². The average molecular weight is 555 g/mol. The lowest BCUT2D eigenvalue weighted by Crippen LogP contribution is -1.90. The third kappa shape index (κ3) is 3.59. The summed E-state index contributed by atoms with van der Waals surface area (Å²) in [6, 6.07) is 46.6. The lowest BCUT2D eigenvalue weighted by atomic mass is 9.96. The van der Waals surface area contributed by atoms with Crippen LogP contribution in [-0.2, 0) is 0 Å². The molecule has 0 aliphatic heterocycles. The normalized spacial score (nSPS) is 11.8. The number of nitrogens with zero attached hydrogens (tertiary/aromatic N) is 2. The van der Waals surface area contributed by atoms with Gasteiger partial charge in [-0.3, -0.25) is 0 Å². The quantitative estimate of drug-likeness (QED) is 0.204. The van der Waals surface area contributed by atoms with Crippen molar-refractivity contribution in [2.75, 3.05) is 0 Å². The number of rotatable bonds is 3. The molecule has 0 atom stereocenters. The summed E-state index contributed by atoms with van der Waals surface area (Å²) in [6.45, 7) is 0. The molecular weight excluding hydrogens is 532 g/mol. The van der Waals surface area contributed by atoms with Gasteiger partial charge >= 0.3 is 0 Å². The van der Waals surface area contributed by atoms with Gasteiger partial charge in [0.15, 0.2) is 0 Å². The maximum atomic E-state index is 6.48. The predicted octanol–water partition coefficient (Wildman–Crippen LogP) is 10.9. The molecule has 3 aromatic heterocycles. The van der Waals surface area contributed by atoms with Gasteiger partial charge in [0.05, 0.1) is 21.4 Å². The molecule has 6 aromatic carbocycles. The van der Waals surface area contributed by atoms with Crippen LogP contribution in [0.1, 0.15) is 0 Å². The zero-order valence-electron chi connectivity index (χ0n) is 22.4. The van der Waals surface area contributed by atoms with Crippen molar-refractivity contribution >= 4 is 65.2 Å². The van der Waals surface area contributed by atoms with Gasteiger partial charge in [-0.1, -0.05) is 97.1 Å². The van der Waals surface area contributed by atoms with E-state index in [0.717, 1.165) is 76.5 Å². The van der Waals surface area contributed by atoms with Gasteiger partial charge in [0, 0.05) is 38.1 Å². The Morgan fingerprint density at radius 3 is 2.07 bits per heavy atom. The van der Waals surface area contributed by atoms with Crippen molar-refractivity contribution in [3.8, 4) is 33.0 Å². The van der Waals surface area contributed by atoms with E-state index in [2.05, 4.69) is 109 Å². The summed E-state index contributed by atoms with van der Waals surface area (Å²) >= 11 is 1.73. The molecule has 0 radical (unpaired) electrons. The Morgan fingerprint density at radius 2 is 1.19 bits per heavy atom. The molecule has 0 spiro atoms. The first-order chi connectivity index (χ1) is 20.8. The summed E-state index contributed by atoms with van der Waals surface area (Å²) in [5, 5.41) is 6.60. The number of pyridine rings is 1. The number of hydrogen-bond donors (Lipinski definition) is 0. The van der Waals surface area contributed by atoms with E-state index < -0.39 is 0 Å². The molecule has 0 amide bonds. The Bertz CT molecular complexity index is 2440. The van der Waals surface area contributed by atoms with E-state index in [1.807, 2.05) is 24.3 Å². The molecule has 9 rings (SSSR count). The van der Waals surface area contributed by atoms with Crippen LogP contribution >= 0.6 is 11.3 Å². The van der Waals surface area contributed by atoms with Crippen molar-refractivity contribution in [2.45, 2.75) is 0 Å². The fourth-order valence-electron chi connectivity index (χ4n) is 6.08. The largest absolute Gasteiger partial charge is 0.455 e. The topological polar surface area (TPSA) is 38.9 Å². The van der Waals surface area contributed by atoms with Crippen LogP contribution in [0.5, 0.6) is 0 Å². The van der Waals surface area contributed by atoms with Crippen molar-refractivity contribution < 1.29 is 4.42 Å². The highest BCUT2D eigenvalue weighted by Crippen LogP contribution is 2.41. The van der Waals surface area contributed by atoms with Crippen LogP contribution in [-0.4, -0.2) is 9.97 Å². The zero-order valence-corrected chi connectivity index (χ0v) is 23.2. The number of para-hydroxylation sites is 3. The minimum atomic E-state index is 0.903. The standard InChI is InChI=1S/C38H22N2OS/c1-3-12-31-29(11-1)35-30(21-20-28-27-10-2-5-14-33(27)41-37(28)35)36(39-31)24-18-16-23(17-19-24)25-8-7-9-26(22-25)38-40-32-13-4-6-15-34(32)42-38/h1-22H. The minimum Gasteiger partial charge on any atom is -0.455 e. The molecule has 0 N–H and O–H groups in total. The van der Waals surface area contributed by atoms with Gasteiger partial charge in [0.1, 0.15) is 16.2 Å². The van der Waals surface area contributed by atoms with E-state index in [0.29, 0.717) is 0 Å². The SMILES string of the molecule is c1cc(-c2ccc(-c3nc4ccccc4c4c3ccc3c5ccccc5oc34)cc2)cc(-c2nc3ccccc3s2)c1. The molecule has 0 unspecified atom stereocenters. The second-order valence-electron chi connectivity index (χ2n) is 10.6. The molecule has 0 saturated heterocycles. The first kappa shape index (κ1) is 23.4. The number of benzene rings is 6. The molecule has 42 heavy (non-hydrogen) atoms. The van der Waals surface area contributed by atoms with E-state index in [1.165, 1.54) is 10.3 Å². The highest BCUT2D eigenvalue weighted by atomic mass is 32.1. The summed E-state index contributed by atoms with van der Waals surface area (Å²) < 4.78 is 7.68. The molecular formula is C38H22N2OS. The molecule has 0 saturated carbocycles. The average Bonchev–Trinajstić information content (AvgIpc) is 3.66.